The van der Waals surface area contributed by atoms with Crippen molar-refractivity contribution >= 4 is 5.52 Å². The predicted octanol–water partition coefficient (Wildman–Crippen LogP) is 3.40. The molecule has 2 heteroatoms. The van der Waals surface area contributed by atoms with Crippen molar-refractivity contribution in [2.24, 2.45) is 0 Å². The number of hydrogen-bond acceptors (Lipinski definition) is 1. The van der Waals surface area contributed by atoms with Crippen molar-refractivity contribution < 1.29 is 0 Å². The van der Waals surface area contributed by atoms with Crippen LogP contribution in [0, 0.1) is 6.92 Å². The van der Waals surface area contributed by atoms with Crippen LogP contribution in [-0.2, 0) is 0 Å². The molecule has 0 radical (unpaired) electrons. The van der Waals surface area contributed by atoms with Gasteiger partial charge in [0.1, 0.15) is 0 Å². The van der Waals surface area contributed by atoms with E-state index >= 15 is 0 Å². The predicted molar refractivity (Wildman–Crippen MR) is 60.7 cm³/mol. The third-order valence-electron chi connectivity index (χ3n) is 2.27. The first kappa shape index (κ1) is 10.8. The first-order chi connectivity index (χ1) is 6.18. The number of hydrogen-bond donors (Lipinski definition) is 0. The summed E-state index contributed by atoms with van der Waals surface area (Å²) in [4.78, 5) is 4.40. The molecule has 0 aliphatic heterocycles. The van der Waals surface area contributed by atoms with Crippen LogP contribution in [0.25, 0.3) is 5.52 Å². The second kappa shape index (κ2) is 3.82. The molecule has 0 bridgehead atoms. The van der Waals surface area contributed by atoms with Gasteiger partial charge in [-0.15, -0.1) is 0 Å². The Bertz CT molecular complexity index is 427. The summed E-state index contributed by atoms with van der Waals surface area (Å²) < 4.78 is 2.07. The molecule has 0 unspecified atom stereocenters. The molecule has 76 valence electrons. The summed E-state index contributed by atoms with van der Waals surface area (Å²) in [5, 5.41) is 0. The highest BCUT2D eigenvalue weighted by Gasteiger charge is 2.07. The summed E-state index contributed by atoms with van der Waals surface area (Å²) in [5.41, 5.74) is 3.70. The minimum absolute atomic E-state index is 0. The van der Waals surface area contributed by atoms with E-state index in [1.807, 2.05) is 6.33 Å². The van der Waals surface area contributed by atoms with Gasteiger partial charge in [0.05, 0.1) is 17.5 Å². The number of aromatic nitrogens is 2. The molecule has 0 N–H and O–H groups in total. The zero-order valence-corrected chi connectivity index (χ0v) is 8.28. The number of fused-ring (bicyclic) bond motifs is 1. The van der Waals surface area contributed by atoms with E-state index in [0.29, 0.717) is 5.92 Å². The lowest BCUT2D eigenvalue weighted by atomic mass is 10.1. The maximum Gasteiger partial charge on any atom is 0.0995 e. The van der Waals surface area contributed by atoms with Gasteiger partial charge in [-0.25, -0.2) is 4.98 Å². The van der Waals surface area contributed by atoms with Crippen LogP contribution in [-0.4, -0.2) is 9.38 Å². The van der Waals surface area contributed by atoms with Crippen molar-refractivity contribution in [1.29, 1.82) is 0 Å². The Hall–Kier alpha value is -1.31. The summed E-state index contributed by atoms with van der Waals surface area (Å²) in [5.74, 6) is 0.492. The van der Waals surface area contributed by atoms with Gasteiger partial charge >= 0.3 is 0 Å². The maximum absolute atomic E-state index is 4.40. The molecule has 0 saturated heterocycles. The maximum atomic E-state index is 4.40. The van der Waals surface area contributed by atoms with E-state index in [1.54, 1.807) is 0 Å². The van der Waals surface area contributed by atoms with Gasteiger partial charge in [0.2, 0.25) is 0 Å². The van der Waals surface area contributed by atoms with Gasteiger partial charge in [-0.3, -0.25) is 0 Å². The number of pyridine rings is 1. The molecule has 0 aliphatic carbocycles. The fourth-order valence-electron chi connectivity index (χ4n) is 1.56. The molecule has 14 heavy (non-hydrogen) atoms. The normalized spacial score (nSPS) is 10.6. The lowest BCUT2D eigenvalue weighted by Crippen LogP contribution is -1.89. The third kappa shape index (κ3) is 1.65. The van der Waals surface area contributed by atoms with Crippen LogP contribution in [0.1, 0.15) is 38.4 Å². The minimum Gasteiger partial charge on any atom is -0.306 e. The first-order valence-corrected chi connectivity index (χ1v) is 4.61. The average Bonchev–Trinajstić information content (AvgIpc) is 2.46. The lowest BCUT2D eigenvalue weighted by Gasteiger charge is -2.01. The Morgan fingerprint density at radius 2 is 2.07 bits per heavy atom. The smallest absolute Gasteiger partial charge is 0.0995 e. The second-order valence-corrected chi connectivity index (χ2v) is 3.78. The summed E-state index contributed by atoms with van der Waals surface area (Å²) >= 11 is 0. The number of imidazole rings is 1. The molecule has 2 rings (SSSR count). The van der Waals surface area contributed by atoms with Crippen LogP contribution < -0.4 is 0 Å². The third-order valence-corrected chi connectivity index (χ3v) is 2.27. The Labute approximate surface area is 85.6 Å². The van der Waals surface area contributed by atoms with Crippen LogP contribution in [0.2, 0.25) is 0 Å². The van der Waals surface area contributed by atoms with Crippen molar-refractivity contribution in [3.8, 4) is 0 Å². The Morgan fingerprint density at radius 1 is 1.36 bits per heavy atom. The van der Waals surface area contributed by atoms with E-state index in [-0.39, 0.29) is 7.43 Å². The van der Waals surface area contributed by atoms with Gasteiger partial charge in [-0.1, -0.05) is 21.3 Å². The average molecular weight is 190 g/mol. The molecule has 0 saturated carbocycles. The monoisotopic (exact) mass is 190 g/mol. The van der Waals surface area contributed by atoms with E-state index < -0.39 is 0 Å². The van der Waals surface area contributed by atoms with Crippen LogP contribution >= 0.6 is 0 Å². The minimum atomic E-state index is 0. The van der Waals surface area contributed by atoms with Crippen molar-refractivity contribution in [3.05, 3.63) is 35.9 Å². The molecule has 2 nitrogen and oxygen atoms in total. The second-order valence-electron chi connectivity index (χ2n) is 3.78. The van der Waals surface area contributed by atoms with Crippen molar-refractivity contribution in [2.75, 3.05) is 0 Å². The van der Waals surface area contributed by atoms with Crippen molar-refractivity contribution in [1.82, 2.24) is 9.38 Å². The van der Waals surface area contributed by atoms with Crippen molar-refractivity contribution in [2.45, 2.75) is 34.1 Å². The fourth-order valence-corrected chi connectivity index (χ4v) is 1.56. The van der Waals surface area contributed by atoms with Crippen LogP contribution in [0.5, 0.6) is 0 Å². The number of rotatable bonds is 1. The Morgan fingerprint density at radius 3 is 2.71 bits per heavy atom. The standard InChI is InChI=1S/C11H14N2.CH4/c1-8(2)11-10-6-9(3)4-5-13(10)7-12-11;/h4-8H,1-3H3;1H4. The number of nitrogens with zero attached hydrogens (tertiary/aromatic N) is 2. The fraction of sp³-hybridized carbons (Fsp3) is 0.417. The molecule has 0 fully saturated rings. The Balaban J connectivity index is 0.000000980. The molecule has 0 aromatic carbocycles. The van der Waals surface area contributed by atoms with Crippen LogP contribution in [0.3, 0.4) is 0 Å². The van der Waals surface area contributed by atoms with Gasteiger partial charge in [-0.2, -0.15) is 0 Å². The van der Waals surface area contributed by atoms with Gasteiger partial charge in [0, 0.05) is 6.20 Å². The van der Waals surface area contributed by atoms with Gasteiger partial charge in [0.25, 0.3) is 0 Å². The van der Waals surface area contributed by atoms with Gasteiger partial charge in [0.15, 0.2) is 0 Å². The largest absolute Gasteiger partial charge is 0.306 e. The summed E-state index contributed by atoms with van der Waals surface area (Å²) in [7, 11) is 0. The molecular weight excluding hydrogens is 172 g/mol. The Kier molecular flexibility index (Phi) is 2.94. The van der Waals surface area contributed by atoms with E-state index in [9.17, 15) is 0 Å². The van der Waals surface area contributed by atoms with E-state index in [2.05, 4.69) is 48.5 Å². The molecule has 2 aromatic heterocycles. The topological polar surface area (TPSA) is 17.3 Å². The SMILES string of the molecule is C.Cc1ccn2cnc(C(C)C)c2c1. The van der Waals surface area contributed by atoms with E-state index in [0.717, 1.165) is 0 Å². The van der Waals surface area contributed by atoms with Gasteiger partial charge < -0.3 is 4.40 Å². The highest BCUT2D eigenvalue weighted by molar-refractivity contribution is 5.54. The molecule has 0 atom stereocenters. The quantitative estimate of drug-likeness (QED) is 0.673. The summed E-state index contributed by atoms with van der Waals surface area (Å²) in [6.45, 7) is 6.45. The number of aryl methyl sites for hydroxylation is 1. The molecule has 0 spiro atoms. The van der Waals surface area contributed by atoms with E-state index in [1.165, 1.54) is 16.8 Å². The molecule has 2 heterocycles. The van der Waals surface area contributed by atoms with E-state index in [4.69, 9.17) is 0 Å². The molecule has 0 aliphatic rings. The van der Waals surface area contributed by atoms with Crippen LogP contribution in [0.4, 0.5) is 0 Å². The highest BCUT2D eigenvalue weighted by Crippen LogP contribution is 2.19. The first-order valence-electron chi connectivity index (χ1n) is 4.61. The zero-order valence-electron chi connectivity index (χ0n) is 8.28. The summed E-state index contributed by atoms with van der Waals surface area (Å²) in [6.07, 6.45) is 3.94. The molecule has 0 amide bonds. The van der Waals surface area contributed by atoms with Gasteiger partial charge in [-0.05, 0) is 30.5 Å². The molecular formula is C12H18N2. The molecule has 2 aromatic rings. The van der Waals surface area contributed by atoms with Crippen LogP contribution in [0.15, 0.2) is 24.7 Å². The lowest BCUT2D eigenvalue weighted by molar-refractivity contribution is 0.841. The highest BCUT2D eigenvalue weighted by atomic mass is 15.0. The van der Waals surface area contributed by atoms with Crippen molar-refractivity contribution in [3.63, 3.8) is 0 Å². The summed E-state index contributed by atoms with van der Waals surface area (Å²) in [6, 6.07) is 4.28. The zero-order chi connectivity index (χ0) is 9.42.